The maximum atomic E-state index is 9.80. The lowest BCUT2D eigenvalue weighted by Crippen LogP contribution is -2.56. The van der Waals surface area contributed by atoms with Crippen molar-refractivity contribution in [2.24, 2.45) is 5.92 Å². The highest BCUT2D eigenvalue weighted by atomic mass is 16.5. The monoisotopic (exact) mass is 383 g/mol. The van der Waals surface area contributed by atoms with Gasteiger partial charge in [0.15, 0.2) is 0 Å². The van der Waals surface area contributed by atoms with Crippen LogP contribution in [0.1, 0.15) is 112 Å². The van der Waals surface area contributed by atoms with E-state index < -0.39 is 0 Å². The lowest BCUT2D eigenvalue weighted by Gasteiger charge is -2.48. The van der Waals surface area contributed by atoms with Gasteiger partial charge in [-0.15, -0.1) is 6.58 Å². The first-order chi connectivity index (χ1) is 12.7. The third-order valence-corrected chi connectivity index (χ3v) is 5.73. The fourth-order valence-electron chi connectivity index (χ4n) is 3.99. The quantitative estimate of drug-likeness (QED) is 0.282. The number of hydroxylamine groups is 2. The van der Waals surface area contributed by atoms with E-state index in [1.807, 2.05) is 6.08 Å². The summed E-state index contributed by atoms with van der Waals surface area (Å²) in [4.78, 5) is 0. The molecule has 1 saturated heterocycles. The first kappa shape index (κ1) is 26.6. The summed E-state index contributed by atoms with van der Waals surface area (Å²) < 4.78 is 5.67. The molecule has 0 aromatic heterocycles. The molecule has 0 amide bonds. The summed E-state index contributed by atoms with van der Waals surface area (Å²) in [5.74, 6) is 0.790. The molecule has 1 rings (SSSR count). The van der Waals surface area contributed by atoms with Crippen LogP contribution in [0, 0.1) is 5.92 Å². The zero-order valence-electron chi connectivity index (χ0n) is 19.4. The Morgan fingerprint density at radius 3 is 2.07 bits per heavy atom. The lowest BCUT2D eigenvalue weighted by atomic mass is 9.82. The zero-order chi connectivity index (χ0) is 20.8. The number of ether oxygens (including phenoxy) is 1. The molecule has 0 radical (unpaired) electrons. The Hall–Kier alpha value is -0.380. The number of hydrogen-bond acceptors (Lipinski definition) is 3. The van der Waals surface area contributed by atoms with E-state index in [1.54, 1.807) is 0 Å². The molecular formula is C24H49NO2. The van der Waals surface area contributed by atoms with Crippen molar-refractivity contribution in [3.63, 3.8) is 0 Å². The van der Waals surface area contributed by atoms with Gasteiger partial charge in [-0.05, 0) is 72.1 Å². The molecule has 27 heavy (non-hydrogen) atoms. The smallest absolute Gasteiger partial charge is 0.0468 e. The van der Waals surface area contributed by atoms with Crippen molar-refractivity contribution in [3.8, 4) is 0 Å². The molecule has 0 bridgehead atoms. The van der Waals surface area contributed by atoms with E-state index >= 15 is 0 Å². The number of hydrogen-bond donors (Lipinski definition) is 1. The Morgan fingerprint density at radius 1 is 0.963 bits per heavy atom. The van der Waals surface area contributed by atoms with Gasteiger partial charge in [0.2, 0.25) is 0 Å². The lowest BCUT2D eigenvalue weighted by molar-refractivity contribution is -0.241. The Morgan fingerprint density at radius 2 is 1.59 bits per heavy atom. The molecule has 1 N–H and O–H groups in total. The molecule has 3 heteroatoms. The molecule has 0 aromatic carbocycles. The fourth-order valence-corrected chi connectivity index (χ4v) is 3.99. The zero-order valence-corrected chi connectivity index (χ0v) is 19.4. The van der Waals surface area contributed by atoms with Gasteiger partial charge in [0.1, 0.15) is 0 Å². The van der Waals surface area contributed by atoms with Crippen LogP contribution >= 0.6 is 0 Å². The van der Waals surface area contributed by atoms with Crippen LogP contribution in [0.25, 0.3) is 0 Å². The molecule has 0 aliphatic carbocycles. The van der Waals surface area contributed by atoms with Crippen LogP contribution in [-0.4, -0.2) is 34.6 Å². The highest BCUT2D eigenvalue weighted by Crippen LogP contribution is 2.36. The minimum atomic E-state index is -0.0399. The molecule has 0 spiro atoms. The summed E-state index contributed by atoms with van der Waals surface area (Å²) >= 11 is 0. The Labute approximate surface area is 170 Å². The third kappa shape index (κ3) is 11.9. The van der Waals surface area contributed by atoms with Gasteiger partial charge in [-0.1, -0.05) is 52.0 Å². The largest absolute Gasteiger partial charge is 0.381 e. The van der Waals surface area contributed by atoms with Crippen LogP contribution in [-0.2, 0) is 4.74 Å². The van der Waals surface area contributed by atoms with Crippen molar-refractivity contribution in [2.75, 3.05) is 13.2 Å². The first-order valence-electron chi connectivity index (χ1n) is 11.4. The molecule has 1 fully saturated rings. The Bertz CT molecular complexity index is 349. The Balaban J connectivity index is 0.000000533. The van der Waals surface area contributed by atoms with E-state index in [0.29, 0.717) is 0 Å². The molecule has 1 aliphatic heterocycles. The van der Waals surface area contributed by atoms with Crippen molar-refractivity contribution in [3.05, 3.63) is 12.7 Å². The molecule has 162 valence electrons. The minimum Gasteiger partial charge on any atom is -0.381 e. The minimum absolute atomic E-state index is 0.0399. The van der Waals surface area contributed by atoms with Gasteiger partial charge in [0, 0.05) is 24.3 Å². The number of nitrogens with zero attached hydrogens (tertiary/aromatic N) is 1. The van der Waals surface area contributed by atoms with Crippen molar-refractivity contribution in [2.45, 2.75) is 123 Å². The van der Waals surface area contributed by atoms with Crippen LogP contribution in [0.3, 0.4) is 0 Å². The summed E-state index contributed by atoms with van der Waals surface area (Å²) in [7, 11) is 0. The van der Waals surface area contributed by atoms with Crippen LogP contribution in [0.2, 0.25) is 0 Å². The molecular weight excluding hydrogens is 334 g/mol. The van der Waals surface area contributed by atoms with Crippen LogP contribution in [0.5, 0.6) is 0 Å². The maximum absolute atomic E-state index is 9.80. The fraction of sp³-hybridized carbons (Fsp3) is 0.917. The highest BCUT2D eigenvalue weighted by molar-refractivity contribution is 4.91. The molecule has 0 saturated carbocycles. The summed E-state index contributed by atoms with van der Waals surface area (Å²) in [6.07, 6.45) is 15.6. The number of piperidine rings is 1. The number of rotatable bonds is 12. The third-order valence-electron chi connectivity index (χ3n) is 5.73. The highest BCUT2D eigenvalue weighted by Gasteiger charge is 2.40. The maximum Gasteiger partial charge on any atom is 0.0468 e. The number of allylic oxidation sites excluding steroid dienone is 1. The average Bonchev–Trinajstić information content (AvgIpc) is 2.59. The molecule has 1 unspecified atom stereocenters. The van der Waals surface area contributed by atoms with Crippen molar-refractivity contribution < 1.29 is 9.94 Å². The second-order valence-electron chi connectivity index (χ2n) is 9.43. The van der Waals surface area contributed by atoms with Crippen molar-refractivity contribution in [1.82, 2.24) is 5.06 Å². The van der Waals surface area contributed by atoms with Crippen LogP contribution < -0.4 is 0 Å². The molecule has 1 atom stereocenters. The van der Waals surface area contributed by atoms with Gasteiger partial charge in [-0.25, -0.2) is 0 Å². The van der Waals surface area contributed by atoms with E-state index in [9.17, 15) is 5.21 Å². The average molecular weight is 384 g/mol. The standard InChI is InChI=1S/C15H30O.C9H19NO/c1-4-7-8-9-13-16-14-12-15(10-5-2)11-6-3;1-8(2)6-5-7-9(3,4)10(8)11/h5,15H,2,4,6-14H2,1,3H3;11H,5-7H2,1-4H3. The molecule has 0 aromatic rings. The van der Waals surface area contributed by atoms with Gasteiger partial charge in [-0.3, -0.25) is 0 Å². The van der Waals surface area contributed by atoms with Crippen molar-refractivity contribution in [1.29, 1.82) is 0 Å². The topological polar surface area (TPSA) is 32.7 Å². The SMILES string of the molecule is C=CCC(CCC)CCOCCCCCC.CC1(C)CCCC(C)(C)N1O. The Kier molecular flexibility index (Phi) is 14.4. The van der Waals surface area contributed by atoms with E-state index in [1.165, 1.54) is 56.4 Å². The van der Waals surface area contributed by atoms with Crippen LogP contribution in [0.15, 0.2) is 12.7 Å². The van der Waals surface area contributed by atoms with E-state index in [2.05, 4.69) is 48.1 Å². The summed E-state index contributed by atoms with van der Waals surface area (Å²) in [6.45, 7) is 18.6. The van der Waals surface area contributed by atoms with Crippen molar-refractivity contribution >= 4 is 0 Å². The predicted octanol–water partition coefficient (Wildman–Crippen LogP) is 7.38. The van der Waals surface area contributed by atoms with E-state index in [4.69, 9.17) is 4.74 Å². The molecule has 1 aliphatic rings. The van der Waals surface area contributed by atoms with Gasteiger partial charge < -0.3 is 9.94 Å². The normalized spacial score (nSPS) is 19.8. The second-order valence-corrected chi connectivity index (χ2v) is 9.43. The molecule has 3 nitrogen and oxygen atoms in total. The summed E-state index contributed by atoms with van der Waals surface area (Å²) in [5, 5.41) is 11.3. The van der Waals surface area contributed by atoms with Crippen LogP contribution in [0.4, 0.5) is 0 Å². The van der Waals surface area contributed by atoms with Gasteiger partial charge in [0.05, 0.1) is 0 Å². The van der Waals surface area contributed by atoms with Gasteiger partial charge in [-0.2, -0.15) is 5.06 Å². The molecule has 1 heterocycles. The van der Waals surface area contributed by atoms with E-state index in [0.717, 1.165) is 38.4 Å². The van der Waals surface area contributed by atoms with E-state index in [-0.39, 0.29) is 11.1 Å². The number of unbranched alkanes of at least 4 members (excludes halogenated alkanes) is 3. The second kappa shape index (κ2) is 14.6. The predicted molar refractivity (Wildman–Crippen MR) is 118 cm³/mol. The first-order valence-corrected chi connectivity index (χ1v) is 11.4. The summed E-state index contributed by atoms with van der Waals surface area (Å²) in [5.41, 5.74) is -0.0799. The summed E-state index contributed by atoms with van der Waals surface area (Å²) in [6, 6.07) is 0. The van der Waals surface area contributed by atoms with Gasteiger partial charge in [0.25, 0.3) is 0 Å². The van der Waals surface area contributed by atoms with Gasteiger partial charge >= 0.3 is 0 Å².